The summed E-state index contributed by atoms with van der Waals surface area (Å²) in [5, 5.41) is 11.0. The van der Waals surface area contributed by atoms with Gasteiger partial charge in [-0.1, -0.05) is 46.3 Å². The van der Waals surface area contributed by atoms with Crippen molar-refractivity contribution in [3.05, 3.63) is 80.6 Å². The Kier molecular flexibility index (Phi) is 5.80. The van der Waals surface area contributed by atoms with E-state index in [0.29, 0.717) is 16.0 Å². The molecule has 0 saturated heterocycles. The number of thiophene rings is 1. The number of ether oxygens (including phenoxy) is 1. The van der Waals surface area contributed by atoms with Gasteiger partial charge >= 0.3 is 0 Å². The Morgan fingerprint density at radius 2 is 1.90 bits per heavy atom. The first-order valence-electron chi connectivity index (χ1n) is 9.13. The summed E-state index contributed by atoms with van der Waals surface area (Å²) in [6, 6.07) is 17.2. The van der Waals surface area contributed by atoms with Crippen LogP contribution in [0.15, 0.2) is 70.2 Å². The molecule has 0 saturated carbocycles. The smallest absolute Gasteiger partial charge is 0.262 e. The summed E-state index contributed by atoms with van der Waals surface area (Å²) < 4.78 is 8.03. The van der Waals surface area contributed by atoms with Gasteiger partial charge in [0.2, 0.25) is 0 Å². The lowest BCUT2D eigenvalue weighted by Gasteiger charge is -2.14. The maximum Gasteiger partial charge on any atom is 0.262 e. The van der Waals surface area contributed by atoms with Crippen LogP contribution in [0.25, 0.3) is 21.3 Å². The lowest BCUT2D eigenvalue weighted by atomic mass is 10.0. The molecule has 0 aliphatic rings. The third-order valence-corrected chi connectivity index (χ3v) is 6.12. The number of rotatable bonds is 6. The highest BCUT2D eigenvalue weighted by atomic mass is 79.9. The van der Waals surface area contributed by atoms with Crippen molar-refractivity contribution >= 4 is 37.5 Å². The number of aliphatic hydroxyl groups excluding tert-OH is 1. The number of aromatic nitrogens is 2. The van der Waals surface area contributed by atoms with Gasteiger partial charge in [0.15, 0.2) is 0 Å². The van der Waals surface area contributed by atoms with Crippen LogP contribution in [-0.2, 0) is 6.54 Å². The number of nitrogens with zero attached hydrogens (tertiary/aromatic N) is 2. The van der Waals surface area contributed by atoms with Gasteiger partial charge in [0.1, 0.15) is 23.3 Å². The van der Waals surface area contributed by atoms with Gasteiger partial charge in [0.05, 0.1) is 18.3 Å². The van der Waals surface area contributed by atoms with E-state index >= 15 is 0 Å². The predicted octanol–water partition coefficient (Wildman–Crippen LogP) is 4.64. The van der Waals surface area contributed by atoms with Crippen LogP contribution in [0.3, 0.4) is 0 Å². The highest BCUT2D eigenvalue weighted by Crippen LogP contribution is 2.35. The lowest BCUT2D eigenvalue weighted by molar-refractivity contribution is 0.0915. The molecule has 2 heterocycles. The molecule has 1 atom stereocenters. The van der Waals surface area contributed by atoms with Crippen LogP contribution in [0.2, 0.25) is 0 Å². The first-order chi connectivity index (χ1) is 14.0. The first kappa shape index (κ1) is 19.8. The molecule has 0 amide bonds. The van der Waals surface area contributed by atoms with Gasteiger partial charge < -0.3 is 9.84 Å². The third-order valence-electron chi connectivity index (χ3n) is 4.58. The summed E-state index contributed by atoms with van der Waals surface area (Å²) in [5.74, 6) is 0.660. The number of benzene rings is 2. The van der Waals surface area contributed by atoms with Gasteiger partial charge in [-0.25, -0.2) is 4.98 Å². The van der Waals surface area contributed by atoms with E-state index in [9.17, 15) is 9.90 Å². The minimum Gasteiger partial charge on any atom is -0.491 e. The molecule has 2 aromatic carbocycles. The zero-order valence-electron chi connectivity index (χ0n) is 15.7. The van der Waals surface area contributed by atoms with Crippen molar-refractivity contribution in [3.63, 3.8) is 0 Å². The van der Waals surface area contributed by atoms with E-state index < -0.39 is 6.10 Å². The van der Waals surface area contributed by atoms with E-state index in [4.69, 9.17) is 4.74 Å². The molecule has 0 unspecified atom stereocenters. The molecule has 0 bridgehead atoms. The Morgan fingerprint density at radius 1 is 1.17 bits per heavy atom. The summed E-state index contributed by atoms with van der Waals surface area (Å²) in [4.78, 5) is 19.4. The minimum atomic E-state index is -0.837. The fourth-order valence-electron chi connectivity index (χ4n) is 3.22. The van der Waals surface area contributed by atoms with Crippen LogP contribution in [0.4, 0.5) is 0 Å². The van der Waals surface area contributed by atoms with E-state index in [1.165, 1.54) is 22.2 Å². The number of hydrogen-bond donors (Lipinski definition) is 1. The van der Waals surface area contributed by atoms with Gasteiger partial charge in [-0.2, -0.15) is 0 Å². The maximum absolute atomic E-state index is 13.2. The molecule has 0 aliphatic carbocycles. The average Bonchev–Trinajstić information content (AvgIpc) is 3.07. The van der Waals surface area contributed by atoms with Crippen LogP contribution in [0.1, 0.15) is 4.88 Å². The molecule has 1 N–H and O–H groups in total. The Morgan fingerprint density at radius 3 is 2.62 bits per heavy atom. The molecule has 0 spiro atoms. The quantitative estimate of drug-likeness (QED) is 0.445. The predicted molar refractivity (Wildman–Crippen MR) is 120 cm³/mol. The monoisotopic (exact) mass is 470 g/mol. The highest BCUT2D eigenvalue weighted by Gasteiger charge is 2.18. The molecule has 29 heavy (non-hydrogen) atoms. The Bertz CT molecular complexity index is 1190. The Hall–Kier alpha value is -2.48. The van der Waals surface area contributed by atoms with Gasteiger partial charge in [0.25, 0.3) is 5.56 Å². The van der Waals surface area contributed by atoms with Gasteiger partial charge in [-0.05, 0) is 36.8 Å². The Labute approximate surface area is 180 Å². The van der Waals surface area contributed by atoms with Crippen molar-refractivity contribution in [2.45, 2.75) is 19.6 Å². The largest absolute Gasteiger partial charge is 0.491 e. The summed E-state index contributed by atoms with van der Waals surface area (Å²) in [6.45, 7) is 2.20. The molecule has 7 heteroatoms. The number of hydrogen-bond acceptors (Lipinski definition) is 5. The summed E-state index contributed by atoms with van der Waals surface area (Å²) in [6.07, 6.45) is 0.661. The number of aliphatic hydroxyl groups is 1. The van der Waals surface area contributed by atoms with E-state index in [0.717, 1.165) is 20.5 Å². The van der Waals surface area contributed by atoms with Crippen LogP contribution >= 0.6 is 27.3 Å². The van der Waals surface area contributed by atoms with Crippen LogP contribution in [0.5, 0.6) is 5.75 Å². The van der Waals surface area contributed by atoms with Crippen molar-refractivity contribution < 1.29 is 9.84 Å². The molecule has 4 rings (SSSR count). The number of fused-ring (bicyclic) bond motifs is 1. The van der Waals surface area contributed by atoms with E-state index in [-0.39, 0.29) is 18.7 Å². The van der Waals surface area contributed by atoms with E-state index in [1.54, 1.807) is 0 Å². The molecule has 0 radical (unpaired) electrons. The topological polar surface area (TPSA) is 64.3 Å². The average molecular weight is 471 g/mol. The number of aryl methyl sites for hydroxylation is 1. The van der Waals surface area contributed by atoms with Crippen LogP contribution in [0, 0.1) is 6.92 Å². The SMILES string of the molecule is Cc1sc2ncn(C[C@H](O)COc3ccc(Br)cc3)c(=O)c2c1-c1ccccc1. The van der Waals surface area contributed by atoms with Gasteiger partial charge in [-0.15, -0.1) is 11.3 Å². The van der Waals surface area contributed by atoms with Crippen LogP contribution in [-0.4, -0.2) is 27.4 Å². The van der Waals surface area contributed by atoms with Crippen LogP contribution < -0.4 is 10.3 Å². The third kappa shape index (κ3) is 4.27. The van der Waals surface area contributed by atoms with Gasteiger partial charge in [-0.3, -0.25) is 9.36 Å². The fourth-order valence-corrected chi connectivity index (χ4v) is 4.49. The molecule has 5 nitrogen and oxygen atoms in total. The molecule has 148 valence electrons. The first-order valence-corrected chi connectivity index (χ1v) is 10.7. The van der Waals surface area contributed by atoms with Crippen molar-refractivity contribution in [1.29, 1.82) is 0 Å². The molecule has 0 aliphatic heterocycles. The van der Waals surface area contributed by atoms with Crippen molar-refractivity contribution in [2.24, 2.45) is 0 Å². The maximum atomic E-state index is 13.2. The second-order valence-corrected chi connectivity index (χ2v) is 8.82. The summed E-state index contributed by atoms with van der Waals surface area (Å²) >= 11 is 4.88. The van der Waals surface area contributed by atoms with Gasteiger partial charge in [0, 0.05) is 14.9 Å². The molecule has 0 fully saturated rings. The molecule has 2 aromatic heterocycles. The zero-order chi connectivity index (χ0) is 20.4. The number of halogens is 1. The second kappa shape index (κ2) is 8.49. The van der Waals surface area contributed by atoms with Crippen molar-refractivity contribution in [1.82, 2.24) is 9.55 Å². The Balaban J connectivity index is 1.59. The summed E-state index contributed by atoms with van der Waals surface area (Å²) in [5.41, 5.74) is 1.76. The minimum absolute atomic E-state index is 0.0836. The lowest BCUT2D eigenvalue weighted by Crippen LogP contribution is -2.30. The van der Waals surface area contributed by atoms with Crippen molar-refractivity contribution in [3.8, 4) is 16.9 Å². The van der Waals surface area contributed by atoms with E-state index in [2.05, 4.69) is 20.9 Å². The fraction of sp³-hybridized carbons (Fsp3) is 0.182. The molecular formula is C22H19BrN2O3S. The summed E-state index contributed by atoms with van der Waals surface area (Å²) in [7, 11) is 0. The normalized spacial score (nSPS) is 12.2. The molecule has 4 aromatic rings. The zero-order valence-corrected chi connectivity index (χ0v) is 18.1. The standard InChI is InChI=1S/C22H19BrN2O3S/c1-14-19(15-5-3-2-4-6-15)20-21(29-14)24-13-25(22(20)27)11-17(26)12-28-18-9-7-16(23)8-10-18/h2-10,13,17,26H,11-12H2,1H3/t17-/m0/s1. The molecular weight excluding hydrogens is 452 g/mol. The second-order valence-electron chi connectivity index (χ2n) is 6.70. The van der Waals surface area contributed by atoms with E-state index in [1.807, 2.05) is 61.5 Å². The highest BCUT2D eigenvalue weighted by molar-refractivity contribution is 9.10. The van der Waals surface area contributed by atoms with Crippen molar-refractivity contribution in [2.75, 3.05) is 6.61 Å².